The van der Waals surface area contributed by atoms with Crippen LogP contribution in [0.4, 0.5) is 5.69 Å². The summed E-state index contributed by atoms with van der Waals surface area (Å²) in [5, 5.41) is 9.14. The average molecular weight is 385 g/mol. The van der Waals surface area contributed by atoms with Crippen molar-refractivity contribution in [2.45, 2.75) is 25.0 Å². The molecule has 1 aliphatic rings. The van der Waals surface area contributed by atoms with Gasteiger partial charge in [0.05, 0.1) is 12.3 Å². The second-order valence-corrected chi connectivity index (χ2v) is 7.18. The number of nitrogens with zero attached hydrogens (tertiary/aromatic N) is 1. The maximum Gasteiger partial charge on any atom is 0.371 e. The standard InChI is InChI=1S/C21H23NO4S/c1-3-25-19(21(23)24)14-16-8-10-17(11-9-16)26-15(2)22-12-13-27-20-7-5-4-6-18(20)22/h4-11,14-15H,3,12-13H2,1-2H3,(H,23,24)/b19-14-. The van der Waals surface area contributed by atoms with E-state index in [9.17, 15) is 4.79 Å². The molecule has 0 aliphatic carbocycles. The summed E-state index contributed by atoms with van der Waals surface area (Å²) in [6.07, 6.45) is 1.41. The van der Waals surface area contributed by atoms with E-state index in [1.807, 2.05) is 49.0 Å². The van der Waals surface area contributed by atoms with Gasteiger partial charge in [-0.1, -0.05) is 24.3 Å². The summed E-state index contributed by atoms with van der Waals surface area (Å²) < 4.78 is 11.3. The van der Waals surface area contributed by atoms with Crippen molar-refractivity contribution in [3.63, 3.8) is 0 Å². The first-order chi connectivity index (χ1) is 13.1. The minimum atomic E-state index is -1.08. The molecule has 1 N–H and O–H groups in total. The minimum absolute atomic E-state index is 0.0676. The third kappa shape index (κ3) is 4.77. The molecule has 0 amide bonds. The highest BCUT2D eigenvalue weighted by Crippen LogP contribution is 2.35. The second kappa shape index (κ2) is 8.86. The summed E-state index contributed by atoms with van der Waals surface area (Å²) in [4.78, 5) is 14.7. The third-order valence-corrected chi connectivity index (χ3v) is 5.24. The Bertz CT molecular complexity index is 819. The summed E-state index contributed by atoms with van der Waals surface area (Å²) in [7, 11) is 0. The van der Waals surface area contributed by atoms with Gasteiger partial charge in [0.2, 0.25) is 5.76 Å². The Morgan fingerprint density at radius 3 is 2.70 bits per heavy atom. The molecule has 142 valence electrons. The van der Waals surface area contributed by atoms with E-state index in [0.717, 1.165) is 23.6 Å². The first-order valence-electron chi connectivity index (χ1n) is 8.91. The van der Waals surface area contributed by atoms with Crippen molar-refractivity contribution >= 4 is 29.5 Å². The van der Waals surface area contributed by atoms with E-state index in [-0.39, 0.29) is 12.0 Å². The highest BCUT2D eigenvalue weighted by molar-refractivity contribution is 7.99. The van der Waals surface area contributed by atoms with Crippen LogP contribution in [0, 0.1) is 0 Å². The maximum absolute atomic E-state index is 11.2. The Hall–Kier alpha value is -2.60. The molecule has 1 aliphatic heterocycles. The first-order valence-corrected chi connectivity index (χ1v) is 9.90. The molecule has 2 aromatic rings. The molecule has 0 saturated carbocycles. The molecule has 1 unspecified atom stereocenters. The summed E-state index contributed by atoms with van der Waals surface area (Å²) in [6, 6.07) is 15.7. The predicted octanol–water partition coefficient (Wildman–Crippen LogP) is 4.49. The number of carboxylic acids is 1. The number of thioether (sulfide) groups is 1. The van der Waals surface area contributed by atoms with Gasteiger partial charge in [-0.15, -0.1) is 11.8 Å². The lowest BCUT2D eigenvalue weighted by Crippen LogP contribution is -2.40. The largest absolute Gasteiger partial charge is 0.487 e. The zero-order valence-electron chi connectivity index (χ0n) is 15.4. The lowest BCUT2D eigenvalue weighted by molar-refractivity contribution is -0.136. The van der Waals surface area contributed by atoms with E-state index >= 15 is 0 Å². The first kappa shape index (κ1) is 19.2. The van der Waals surface area contributed by atoms with Crippen LogP contribution in [-0.4, -0.2) is 36.2 Å². The monoisotopic (exact) mass is 385 g/mol. The van der Waals surface area contributed by atoms with E-state index in [1.54, 1.807) is 6.92 Å². The number of anilines is 1. The highest BCUT2D eigenvalue weighted by atomic mass is 32.2. The van der Waals surface area contributed by atoms with Crippen LogP contribution in [0.15, 0.2) is 59.2 Å². The number of fused-ring (bicyclic) bond motifs is 1. The smallest absolute Gasteiger partial charge is 0.371 e. The molecule has 6 heteroatoms. The number of aliphatic carboxylic acids is 1. The molecular formula is C21H23NO4S. The van der Waals surface area contributed by atoms with Crippen LogP contribution in [0.2, 0.25) is 0 Å². The van der Waals surface area contributed by atoms with Gasteiger partial charge in [-0.3, -0.25) is 0 Å². The van der Waals surface area contributed by atoms with Crippen LogP contribution in [0.5, 0.6) is 5.75 Å². The van der Waals surface area contributed by atoms with Crippen LogP contribution in [-0.2, 0) is 9.53 Å². The number of hydrogen-bond acceptors (Lipinski definition) is 5. The lowest BCUT2D eigenvalue weighted by atomic mass is 10.2. The summed E-state index contributed by atoms with van der Waals surface area (Å²) in [6.45, 7) is 5.04. The molecule has 0 radical (unpaired) electrons. The van der Waals surface area contributed by atoms with Gasteiger partial charge in [0.25, 0.3) is 0 Å². The van der Waals surface area contributed by atoms with Crippen molar-refractivity contribution in [2.24, 2.45) is 0 Å². The van der Waals surface area contributed by atoms with Gasteiger partial charge < -0.3 is 19.5 Å². The number of carbonyl (C=O) groups is 1. The van der Waals surface area contributed by atoms with Crippen LogP contribution in [0.25, 0.3) is 6.08 Å². The number of carboxylic acid groups (broad SMARTS) is 1. The molecule has 0 spiro atoms. The SMILES string of the molecule is CCO/C(=C\c1ccc(OC(C)N2CCSc3ccccc32)cc1)C(=O)O. The second-order valence-electron chi connectivity index (χ2n) is 6.04. The van der Waals surface area contributed by atoms with Crippen LogP contribution in [0.3, 0.4) is 0 Å². The van der Waals surface area contributed by atoms with Gasteiger partial charge >= 0.3 is 5.97 Å². The van der Waals surface area contributed by atoms with Crippen molar-refractivity contribution < 1.29 is 19.4 Å². The topological polar surface area (TPSA) is 59.0 Å². The fourth-order valence-corrected chi connectivity index (χ4v) is 3.96. The van der Waals surface area contributed by atoms with Gasteiger partial charge in [0, 0.05) is 17.2 Å². The molecule has 27 heavy (non-hydrogen) atoms. The maximum atomic E-state index is 11.2. The van der Waals surface area contributed by atoms with E-state index in [0.29, 0.717) is 6.61 Å². The molecule has 0 aromatic heterocycles. The van der Waals surface area contributed by atoms with Crippen molar-refractivity contribution in [2.75, 3.05) is 23.8 Å². The number of hydrogen-bond donors (Lipinski definition) is 1. The summed E-state index contributed by atoms with van der Waals surface area (Å²) >= 11 is 1.87. The van der Waals surface area contributed by atoms with Gasteiger partial charge in [0.1, 0.15) is 5.75 Å². The van der Waals surface area contributed by atoms with E-state index in [2.05, 4.69) is 23.1 Å². The third-order valence-electron chi connectivity index (χ3n) is 4.20. The van der Waals surface area contributed by atoms with Crippen molar-refractivity contribution in [3.8, 4) is 5.75 Å². The number of benzene rings is 2. The Labute approximate surface area is 163 Å². The molecule has 5 nitrogen and oxygen atoms in total. The predicted molar refractivity (Wildman–Crippen MR) is 108 cm³/mol. The average Bonchev–Trinajstić information content (AvgIpc) is 2.68. The zero-order valence-corrected chi connectivity index (χ0v) is 16.2. The highest BCUT2D eigenvalue weighted by Gasteiger charge is 2.22. The molecule has 1 atom stereocenters. The normalized spacial score (nSPS) is 15.0. The molecule has 0 bridgehead atoms. The molecule has 1 heterocycles. The molecular weight excluding hydrogens is 362 g/mol. The molecule has 3 rings (SSSR count). The number of rotatable bonds is 7. The Balaban J connectivity index is 1.70. The molecule has 0 fully saturated rings. The van der Waals surface area contributed by atoms with E-state index in [4.69, 9.17) is 14.6 Å². The van der Waals surface area contributed by atoms with Crippen LogP contribution < -0.4 is 9.64 Å². The lowest BCUT2D eigenvalue weighted by Gasteiger charge is -2.35. The van der Waals surface area contributed by atoms with Gasteiger partial charge in [-0.2, -0.15) is 0 Å². The fraction of sp³-hybridized carbons (Fsp3) is 0.286. The Morgan fingerprint density at radius 1 is 1.26 bits per heavy atom. The molecule has 0 saturated heterocycles. The molecule has 2 aromatic carbocycles. The quantitative estimate of drug-likeness (QED) is 0.560. The van der Waals surface area contributed by atoms with Gasteiger partial charge in [-0.25, -0.2) is 4.79 Å². The van der Waals surface area contributed by atoms with Crippen LogP contribution >= 0.6 is 11.8 Å². The number of ether oxygens (including phenoxy) is 2. The fourth-order valence-electron chi connectivity index (χ4n) is 2.94. The number of para-hydroxylation sites is 1. The summed E-state index contributed by atoms with van der Waals surface area (Å²) in [5.74, 6) is 0.627. The van der Waals surface area contributed by atoms with Gasteiger partial charge in [0.15, 0.2) is 6.23 Å². The van der Waals surface area contributed by atoms with E-state index < -0.39 is 5.97 Å². The van der Waals surface area contributed by atoms with Crippen LogP contribution in [0.1, 0.15) is 19.4 Å². The van der Waals surface area contributed by atoms with Crippen molar-refractivity contribution in [3.05, 3.63) is 59.9 Å². The van der Waals surface area contributed by atoms with E-state index in [1.165, 1.54) is 16.7 Å². The Kier molecular flexibility index (Phi) is 6.29. The zero-order chi connectivity index (χ0) is 19.2. The van der Waals surface area contributed by atoms with Crippen molar-refractivity contribution in [1.29, 1.82) is 0 Å². The van der Waals surface area contributed by atoms with Crippen molar-refractivity contribution in [1.82, 2.24) is 0 Å². The summed E-state index contributed by atoms with van der Waals surface area (Å²) in [5.41, 5.74) is 1.95. The minimum Gasteiger partial charge on any atom is -0.487 e. The Morgan fingerprint density at radius 2 is 2.00 bits per heavy atom. The van der Waals surface area contributed by atoms with Gasteiger partial charge in [-0.05, 0) is 49.8 Å².